The van der Waals surface area contributed by atoms with E-state index in [9.17, 15) is 22.4 Å². The molecule has 0 aliphatic rings. The minimum atomic E-state index is -3.87. The molecule has 2 aromatic carbocycles. The molecule has 9 nitrogen and oxygen atoms in total. The monoisotopic (exact) mass is 439 g/mol. The molecule has 0 fully saturated rings. The number of anilines is 2. The largest absolute Gasteiger partial charge is 0.444 e. The van der Waals surface area contributed by atoms with Crippen molar-refractivity contribution in [1.82, 2.24) is 4.89 Å². The number of rotatable bonds is 6. The van der Waals surface area contributed by atoms with Gasteiger partial charge in [-0.2, -0.15) is 0 Å². The van der Waals surface area contributed by atoms with Crippen LogP contribution in [0.5, 0.6) is 0 Å². The number of hydrogen-bond acceptors (Lipinski definition) is 6. The van der Waals surface area contributed by atoms with E-state index in [2.05, 4.69) is 15.5 Å². The van der Waals surface area contributed by atoms with E-state index >= 15 is 0 Å². The van der Waals surface area contributed by atoms with Crippen molar-refractivity contribution in [3.63, 3.8) is 0 Å². The van der Waals surface area contributed by atoms with Crippen molar-refractivity contribution in [2.75, 3.05) is 17.7 Å². The SMILES string of the molecule is CONS(=O)(=O)c1ccc(C(=O)Nc2cc(F)ccc2NC(=O)OC(C)(C)C)cc1. The van der Waals surface area contributed by atoms with Gasteiger partial charge in [-0.15, -0.1) is 0 Å². The first-order chi connectivity index (χ1) is 13.9. The fourth-order valence-electron chi connectivity index (χ4n) is 2.28. The zero-order valence-electron chi connectivity index (χ0n) is 16.8. The topological polar surface area (TPSA) is 123 Å². The molecule has 2 rings (SSSR count). The molecule has 0 aliphatic carbocycles. The summed E-state index contributed by atoms with van der Waals surface area (Å²) in [7, 11) is -2.71. The van der Waals surface area contributed by atoms with Crippen LogP contribution in [0.3, 0.4) is 0 Å². The predicted molar refractivity (Wildman–Crippen MR) is 108 cm³/mol. The van der Waals surface area contributed by atoms with Crippen LogP contribution in [0.25, 0.3) is 0 Å². The number of amides is 2. The van der Waals surface area contributed by atoms with Gasteiger partial charge in [-0.25, -0.2) is 17.6 Å². The standard InChI is InChI=1S/C19H22FN3O6S/c1-19(2,3)29-18(25)22-15-10-7-13(20)11-16(15)21-17(24)12-5-8-14(9-6-12)30(26,27)23-28-4/h5-11,23H,1-4H3,(H,21,24)(H,22,25). The van der Waals surface area contributed by atoms with Crippen molar-refractivity contribution in [3.8, 4) is 0 Å². The second-order valence-electron chi connectivity index (χ2n) is 7.09. The predicted octanol–water partition coefficient (Wildman–Crippen LogP) is 3.26. The average molecular weight is 439 g/mol. The second kappa shape index (κ2) is 9.20. The van der Waals surface area contributed by atoms with Crippen molar-refractivity contribution in [2.45, 2.75) is 31.3 Å². The zero-order chi connectivity index (χ0) is 22.5. The van der Waals surface area contributed by atoms with Crippen LogP contribution in [0, 0.1) is 5.82 Å². The first kappa shape index (κ1) is 23.3. The molecule has 2 amide bonds. The molecule has 0 radical (unpaired) electrons. The summed E-state index contributed by atoms with van der Waals surface area (Å²) >= 11 is 0. The molecule has 2 aromatic rings. The smallest absolute Gasteiger partial charge is 0.412 e. The van der Waals surface area contributed by atoms with Gasteiger partial charge < -0.3 is 10.1 Å². The van der Waals surface area contributed by atoms with E-state index in [1.165, 1.54) is 30.3 Å². The first-order valence-corrected chi connectivity index (χ1v) is 10.2. The first-order valence-electron chi connectivity index (χ1n) is 8.67. The number of sulfonamides is 1. The Morgan fingerprint density at radius 1 is 0.967 bits per heavy atom. The lowest BCUT2D eigenvalue weighted by atomic mass is 10.2. The normalized spacial score (nSPS) is 11.6. The van der Waals surface area contributed by atoms with Crippen LogP contribution in [0.2, 0.25) is 0 Å². The quantitative estimate of drug-likeness (QED) is 0.594. The summed E-state index contributed by atoms with van der Waals surface area (Å²) in [6.07, 6.45) is -0.773. The van der Waals surface area contributed by atoms with Crippen LogP contribution >= 0.6 is 0 Å². The summed E-state index contributed by atoms with van der Waals surface area (Å²) in [4.78, 5) is 30.7. The lowest BCUT2D eigenvalue weighted by molar-refractivity contribution is 0.0635. The molecule has 0 bridgehead atoms. The average Bonchev–Trinajstić information content (AvgIpc) is 2.62. The van der Waals surface area contributed by atoms with Gasteiger partial charge in [-0.3, -0.25) is 14.9 Å². The number of ether oxygens (including phenoxy) is 1. The molecule has 0 heterocycles. The van der Waals surface area contributed by atoms with Gasteiger partial charge in [0.05, 0.1) is 23.4 Å². The van der Waals surface area contributed by atoms with E-state index in [1.807, 2.05) is 4.89 Å². The third-order valence-electron chi connectivity index (χ3n) is 3.49. The van der Waals surface area contributed by atoms with Crippen molar-refractivity contribution in [1.29, 1.82) is 0 Å². The zero-order valence-corrected chi connectivity index (χ0v) is 17.6. The Hall–Kier alpha value is -3.02. The number of nitrogens with one attached hydrogen (secondary N) is 3. The van der Waals surface area contributed by atoms with E-state index < -0.39 is 33.4 Å². The molecule has 0 unspecified atom stereocenters. The molecule has 0 saturated heterocycles. The fraction of sp³-hybridized carbons (Fsp3) is 0.263. The molecule has 162 valence electrons. The highest BCUT2D eigenvalue weighted by Crippen LogP contribution is 2.24. The molecule has 0 saturated carbocycles. The van der Waals surface area contributed by atoms with Gasteiger partial charge in [0.2, 0.25) is 0 Å². The third-order valence-corrected chi connectivity index (χ3v) is 4.76. The molecule has 11 heteroatoms. The Morgan fingerprint density at radius 3 is 2.17 bits per heavy atom. The fourth-order valence-corrected chi connectivity index (χ4v) is 3.09. The van der Waals surface area contributed by atoms with Gasteiger partial charge >= 0.3 is 6.09 Å². The summed E-state index contributed by atoms with van der Waals surface area (Å²) in [5.41, 5.74) is -0.502. The molecule has 0 spiro atoms. The second-order valence-corrected chi connectivity index (χ2v) is 8.73. The van der Waals surface area contributed by atoms with Crippen molar-refractivity contribution in [3.05, 3.63) is 53.8 Å². The van der Waals surface area contributed by atoms with E-state index in [-0.39, 0.29) is 21.8 Å². The maximum Gasteiger partial charge on any atom is 0.412 e. The molecular weight excluding hydrogens is 417 g/mol. The lowest BCUT2D eigenvalue weighted by Gasteiger charge is -2.20. The third kappa shape index (κ3) is 6.51. The Labute approximate surface area is 173 Å². The summed E-state index contributed by atoms with van der Waals surface area (Å²) < 4.78 is 42.6. The number of hydrogen-bond donors (Lipinski definition) is 3. The molecule has 0 atom stereocenters. The van der Waals surface area contributed by atoms with Crippen LogP contribution in [0.4, 0.5) is 20.6 Å². The Bertz CT molecular complexity index is 1030. The van der Waals surface area contributed by atoms with Crippen LogP contribution in [0.15, 0.2) is 47.4 Å². The van der Waals surface area contributed by atoms with Crippen molar-refractivity contribution >= 4 is 33.4 Å². The van der Waals surface area contributed by atoms with Gasteiger partial charge in [0.25, 0.3) is 15.9 Å². The van der Waals surface area contributed by atoms with E-state index in [1.54, 1.807) is 20.8 Å². The Balaban J connectivity index is 2.20. The molecular formula is C19H22FN3O6S. The highest BCUT2D eigenvalue weighted by atomic mass is 32.2. The molecule has 3 N–H and O–H groups in total. The number of benzene rings is 2. The Morgan fingerprint density at radius 2 is 1.60 bits per heavy atom. The van der Waals surface area contributed by atoms with Crippen LogP contribution in [-0.2, 0) is 19.6 Å². The molecule has 0 aromatic heterocycles. The highest BCUT2D eigenvalue weighted by Gasteiger charge is 2.19. The summed E-state index contributed by atoms with van der Waals surface area (Å²) in [5.74, 6) is -1.27. The maximum absolute atomic E-state index is 13.7. The van der Waals surface area contributed by atoms with E-state index in [0.29, 0.717) is 0 Å². The van der Waals surface area contributed by atoms with Crippen molar-refractivity contribution in [2.24, 2.45) is 0 Å². The molecule has 30 heavy (non-hydrogen) atoms. The maximum atomic E-state index is 13.7. The van der Waals surface area contributed by atoms with Gasteiger partial charge in [0.1, 0.15) is 11.4 Å². The van der Waals surface area contributed by atoms with Crippen LogP contribution in [-0.4, -0.2) is 33.1 Å². The summed E-state index contributed by atoms with van der Waals surface area (Å²) in [5, 5.41) is 4.93. The summed E-state index contributed by atoms with van der Waals surface area (Å²) in [6.45, 7) is 5.06. The van der Waals surface area contributed by atoms with Gasteiger partial charge in [0.15, 0.2) is 0 Å². The minimum Gasteiger partial charge on any atom is -0.444 e. The molecule has 0 aliphatic heterocycles. The van der Waals surface area contributed by atoms with Gasteiger partial charge in [0, 0.05) is 5.56 Å². The van der Waals surface area contributed by atoms with Crippen LogP contribution in [0.1, 0.15) is 31.1 Å². The Kier molecular flexibility index (Phi) is 7.13. The highest BCUT2D eigenvalue weighted by molar-refractivity contribution is 7.89. The summed E-state index contributed by atoms with van der Waals surface area (Å²) in [6, 6.07) is 8.40. The number of halogens is 1. The number of carbonyl (C=O) groups excluding carboxylic acids is 2. The lowest BCUT2D eigenvalue weighted by Crippen LogP contribution is -2.27. The van der Waals surface area contributed by atoms with Gasteiger partial charge in [-0.1, -0.05) is 4.89 Å². The van der Waals surface area contributed by atoms with Crippen LogP contribution < -0.4 is 15.5 Å². The van der Waals surface area contributed by atoms with Crippen molar-refractivity contribution < 1.29 is 32.0 Å². The van der Waals surface area contributed by atoms with E-state index in [0.717, 1.165) is 19.2 Å². The minimum absolute atomic E-state index is 0.00334. The van der Waals surface area contributed by atoms with E-state index in [4.69, 9.17) is 4.74 Å². The number of carbonyl (C=O) groups is 2. The van der Waals surface area contributed by atoms with Gasteiger partial charge in [-0.05, 0) is 63.2 Å².